The van der Waals surface area contributed by atoms with Crippen molar-refractivity contribution in [2.75, 3.05) is 27.4 Å². The number of nitrogens with two attached hydrogens (primary N) is 1. The van der Waals surface area contributed by atoms with Crippen molar-refractivity contribution in [2.45, 2.75) is 12.3 Å². The Morgan fingerprint density at radius 2 is 1.48 bits per heavy atom. The maximum Gasteiger partial charge on any atom is 0.184 e. The number of hydrogen-bond acceptors (Lipinski definition) is 5. The minimum Gasteiger partial charge on any atom is -0.493 e. The van der Waals surface area contributed by atoms with Crippen molar-refractivity contribution in [1.82, 2.24) is 0 Å². The van der Waals surface area contributed by atoms with Gasteiger partial charge in [-0.25, -0.2) is 0 Å². The Bertz CT molecular complexity index is 1030. The average Bonchev–Trinajstić information content (AvgIpc) is 3.37. The normalized spacial score (nSPS) is 15.6. The summed E-state index contributed by atoms with van der Waals surface area (Å²) in [6, 6.07) is 23.7. The Labute approximate surface area is 183 Å². The third-order valence-corrected chi connectivity index (χ3v) is 5.36. The van der Waals surface area contributed by atoms with Gasteiger partial charge in [-0.1, -0.05) is 60.7 Å². The molecule has 0 saturated carbocycles. The van der Waals surface area contributed by atoms with Crippen molar-refractivity contribution in [1.29, 1.82) is 0 Å². The Hall–Kier alpha value is -3.12. The van der Waals surface area contributed by atoms with Gasteiger partial charge in [-0.15, -0.1) is 0 Å². The van der Waals surface area contributed by atoms with Gasteiger partial charge in [-0.3, -0.25) is 0 Å². The Morgan fingerprint density at radius 3 is 2.10 bits per heavy atom. The third-order valence-electron chi connectivity index (χ3n) is 5.36. The van der Waals surface area contributed by atoms with Gasteiger partial charge in [-0.2, -0.15) is 0 Å². The van der Waals surface area contributed by atoms with Crippen LogP contribution in [0.15, 0.2) is 72.8 Å². The first-order valence-electron chi connectivity index (χ1n) is 10.3. The smallest absolute Gasteiger partial charge is 0.184 e. The summed E-state index contributed by atoms with van der Waals surface area (Å²) in [7, 11) is 3.23. The maximum absolute atomic E-state index is 6.93. The SMILES string of the molecule is COc1cc(C2OCCO2)c(C(N)C(=Cc2ccccc2)c2ccccc2)cc1OC. The molecule has 0 spiro atoms. The molecule has 5 heteroatoms. The van der Waals surface area contributed by atoms with Crippen LogP contribution >= 0.6 is 0 Å². The van der Waals surface area contributed by atoms with E-state index in [1.54, 1.807) is 14.2 Å². The van der Waals surface area contributed by atoms with Crippen molar-refractivity contribution < 1.29 is 18.9 Å². The number of ether oxygens (including phenoxy) is 4. The predicted octanol–water partition coefficient (Wildman–Crippen LogP) is 4.99. The van der Waals surface area contributed by atoms with Crippen LogP contribution in [0, 0.1) is 0 Å². The molecule has 0 amide bonds. The molecule has 0 radical (unpaired) electrons. The van der Waals surface area contributed by atoms with Crippen molar-refractivity contribution in [2.24, 2.45) is 5.73 Å². The molecule has 1 heterocycles. The number of benzene rings is 3. The van der Waals surface area contributed by atoms with Gasteiger partial charge in [0, 0.05) is 5.56 Å². The molecule has 31 heavy (non-hydrogen) atoms. The van der Waals surface area contributed by atoms with Gasteiger partial charge < -0.3 is 24.7 Å². The van der Waals surface area contributed by atoms with Crippen LogP contribution < -0.4 is 15.2 Å². The highest BCUT2D eigenvalue weighted by atomic mass is 16.7. The first kappa shape index (κ1) is 21.1. The van der Waals surface area contributed by atoms with Gasteiger partial charge in [0.1, 0.15) is 0 Å². The molecule has 3 aromatic carbocycles. The molecule has 1 fully saturated rings. The lowest BCUT2D eigenvalue weighted by atomic mass is 9.88. The number of rotatable bonds is 7. The minimum absolute atomic E-state index is 0.440. The van der Waals surface area contributed by atoms with Gasteiger partial charge in [0.2, 0.25) is 0 Å². The molecule has 0 aromatic heterocycles. The molecule has 5 nitrogen and oxygen atoms in total. The van der Waals surface area contributed by atoms with E-state index in [0.717, 1.165) is 27.8 Å². The van der Waals surface area contributed by atoms with E-state index in [0.29, 0.717) is 24.7 Å². The molecular formula is C26H27NO4. The molecule has 0 bridgehead atoms. The van der Waals surface area contributed by atoms with E-state index < -0.39 is 12.3 Å². The van der Waals surface area contributed by atoms with Crippen molar-refractivity contribution in [3.8, 4) is 11.5 Å². The molecule has 2 N–H and O–H groups in total. The lowest BCUT2D eigenvalue weighted by Gasteiger charge is -2.24. The Kier molecular flexibility index (Phi) is 6.67. The lowest BCUT2D eigenvalue weighted by Crippen LogP contribution is -2.17. The molecule has 1 saturated heterocycles. The summed E-state index contributed by atoms with van der Waals surface area (Å²) in [5.74, 6) is 1.22. The molecule has 1 aliphatic rings. The fourth-order valence-electron chi connectivity index (χ4n) is 3.80. The fourth-order valence-corrected chi connectivity index (χ4v) is 3.80. The van der Waals surface area contributed by atoms with E-state index in [1.165, 1.54) is 0 Å². The molecule has 1 aliphatic heterocycles. The van der Waals surface area contributed by atoms with Gasteiger partial charge in [0.15, 0.2) is 17.8 Å². The van der Waals surface area contributed by atoms with Crippen LogP contribution in [0.25, 0.3) is 11.6 Å². The molecular weight excluding hydrogens is 390 g/mol. The second-order valence-corrected chi connectivity index (χ2v) is 7.26. The maximum atomic E-state index is 6.93. The largest absolute Gasteiger partial charge is 0.493 e. The monoisotopic (exact) mass is 417 g/mol. The highest BCUT2D eigenvalue weighted by Crippen LogP contribution is 2.41. The minimum atomic E-state index is -0.491. The summed E-state index contributed by atoms with van der Waals surface area (Å²) in [5.41, 5.74) is 11.8. The third kappa shape index (κ3) is 4.64. The predicted molar refractivity (Wildman–Crippen MR) is 122 cm³/mol. The van der Waals surface area contributed by atoms with Crippen molar-refractivity contribution in [3.63, 3.8) is 0 Å². The highest BCUT2D eigenvalue weighted by molar-refractivity contribution is 5.85. The molecule has 0 aliphatic carbocycles. The zero-order valence-electron chi connectivity index (χ0n) is 17.8. The molecule has 1 atom stereocenters. The summed E-state index contributed by atoms with van der Waals surface area (Å²) in [5, 5.41) is 0. The second kappa shape index (κ2) is 9.79. The van der Waals surface area contributed by atoms with Gasteiger partial charge in [0.05, 0.1) is 33.5 Å². The quantitative estimate of drug-likeness (QED) is 0.549. The van der Waals surface area contributed by atoms with Crippen LogP contribution in [0.5, 0.6) is 11.5 Å². The van der Waals surface area contributed by atoms with Crippen LogP contribution in [-0.4, -0.2) is 27.4 Å². The average molecular weight is 418 g/mol. The topological polar surface area (TPSA) is 62.9 Å². The first-order valence-corrected chi connectivity index (χ1v) is 10.3. The summed E-state index contributed by atoms with van der Waals surface area (Å²) < 4.78 is 22.7. The Morgan fingerprint density at radius 1 is 0.903 bits per heavy atom. The Balaban J connectivity index is 1.86. The van der Waals surface area contributed by atoms with Crippen LogP contribution in [0.3, 0.4) is 0 Å². The zero-order chi connectivity index (χ0) is 21.6. The van der Waals surface area contributed by atoms with Crippen LogP contribution in [0.2, 0.25) is 0 Å². The number of methoxy groups -OCH3 is 2. The van der Waals surface area contributed by atoms with Crippen molar-refractivity contribution >= 4 is 11.6 Å². The van der Waals surface area contributed by atoms with E-state index >= 15 is 0 Å². The van der Waals surface area contributed by atoms with E-state index in [1.807, 2.05) is 48.5 Å². The van der Waals surface area contributed by atoms with Gasteiger partial charge in [-0.05, 0) is 40.5 Å². The zero-order valence-corrected chi connectivity index (χ0v) is 17.8. The molecule has 1 unspecified atom stereocenters. The van der Waals surface area contributed by atoms with Crippen molar-refractivity contribution in [3.05, 3.63) is 95.1 Å². The van der Waals surface area contributed by atoms with E-state index in [4.69, 9.17) is 24.7 Å². The van der Waals surface area contributed by atoms with Gasteiger partial charge in [0.25, 0.3) is 0 Å². The molecule has 3 aromatic rings. The first-order chi connectivity index (χ1) is 15.2. The summed E-state index contributed by atoms with van der Waals surface area (Å²) >= 11 is 0. The molecule has 4 rings (SSSR count). The lowest BCUT2D eigenvalue weighted by molar-refractivity contribution is -0.0449. The highest BCUT2D eigenvalue weighted by Gasteiger charge is 2.28. The summed E-state index contributed by atoms with van der Waals surface area (Å²) in [6.45, 7) is 1.08. The summed E-state index contributed by atoms with van der Waals surface area (Å²) in [6.07, 6.45) is 1.63. The van der Waals surface area contributed by atoms with E-state index in [-0.39, 0.29) is 0 Å². The van der Waals surface area contributed by atoms with Crippen LogP contribution in [-0.2, 0) is 9.47 Å². The molecule has 160 valence electrons. The van der Waals surface area contributed by atoms with E-state index in [2.05, 4.69) is 30.3 Å². The summed E-state index contributed by atoms with van der Waals surface area (Å²) in [4.78, 5) is 0. The second-order valence-electron chi connectivity index (χ2n) is 7.26. The van der Waals surface area contributed by atoms with E-state index in [9.17, 15) is 0 Å². The number of hydrogen-bond donors (Lipinski definition) is 1. The fraction of sp³-hybridized carbons (Fsp3) is 0.231. The van der Waals surface area contributed by atoms with Crippen LogP contribution in [0.4, 0.5) is 0 Å². The van der Waals surface area contributed by atoms with Crippen LogP contribution in [0.1, 0.15) is 34.6 Å². The van der Waals surface area contributed by atoms with Gasteiger partial charge >= 0.3 is 0 Å². The standard InChI is InChI=1S/C26H27NO4/c1-28-23-16-21(22(17-24(23)29-2)26-30-13-14-31-26)25(27)20(19-11-7-4-8-12-19)15-18-9-5-3-6-10-18/h3-12,15-17,25-26H,13-14,27H2,1-2H3.